The van der Waals surface area contributed by atoms with Crippen LogP contribution >= 0.6 is 0 Å². The molecule has 0 aromatic heterocycles. The summed E-state index contributed by atoms with van der Waals surface area (Å²) in [7, 11) is 0. The first-order valence-corrected chi connectivity index (χ1v) is 6.92. The van der Waals surface area contributed by atoms with Crippen LogP contribution in [0.25, 0.3) is 0 Å². The molecule has 1 aromatic rings. The summed E-state index contributed by atoms with van der Waals surface area (Å²) >= 11 is 0. The zero-order valence-electron chi connectivity index (χ0n) is 11.5. The van der Waals surface area contributed by atoms with Gasteiger partial charge in [-0.1, -0.05) is 6.08 Å². The zero-order valence-corrected chi connectivity index (χ0v) is 11.5. The number of nitro benzene ring substituents is 1. The maximum atomic E-state index is 10.7. The Morgan fingerprint density at radius 2 is 2.20 bits per heavy atom. The number of hydrogen-bond donors (Lipinski definition) is 0. The Bertz CT molecular complexity index is 459. The van der Waals surface area contributed by atoms with E-state index < -0.39 is 0 Å². The van der Waals surface area contributed by atoms with Gasteiger partial charge in [0.05, 0.1) is 24.2 Å². The molecule has 1 aromatic carbocycles. The number of rotatable bonds is 7. The second-order valence-corrected chi connectivity index (χ2v) is 4.92. The molecule has 0 saturated carbocycles. The predicted molar refractivity (Wildman–Crippen MR) is 79.1 cm³/mol. The lowest BCUT2D eigenvalue weighted by Crippen LogP contribution is -2.33. The molecule has 0 bridgehead atoms. The SMILES string of the molecule is C=CCCOC[C@@H]1CCCN1c1ccc([N+](=O)[O-])cc1. The van der Waals surface area contributed by atoms with E-state index in [2.05, 4.69) is 11.5 Å². The van der Waals surface area contributed by atoms with Gasteiger partial charge in [-0.3, -0.25) is 10.1 Å². The van der Waals surface area contributed by atoms with E-state index in [4.69, 9.17) is 4.74 Å². The van der Waals surface area contributed by atoms with Gasteiger partial charge in [0.15, 0.2) is 0 Å². The van der Waals surface area contributed by atoms with Crippen LogP contribution in [0.15, 0.2) is 36.9 Å². The van der Waals surface area contributed by atoms with Crippen LogP contribution < -0.4 is 4.90 Å². The summed E-state index contributed by atoms with van der Waals surface area (Å²) in [6, 6.07) is 7.12. The third-order valence-electron chi connectivity index (χ3n) is 3.55. The van der Waals surface area contributed by atoms with E-state index >= 15 is 0 Å². The Morgan fingerprint density at radius 3 is 2.85 bits per heavy atom. The van der Waals surface area contributed by atoms with E-state index in [0.29, 0.717) is 19.3 Å². The average molecular weight is 276 g/mol. The Balaban J connectivity index is 1.95. The number of nitro groups is 1. The van der Waals surface area contributed by atoms with Crippen LogP contribution in [-0.4, -0.2) is 30.7 Å². The second-order valence-electron chi connectivity index (χ2n) is 4.92. The number of non-ortho nitro benzene ring substituents is 1. The molecule has 1 atom stereocenters. The van der Waals surface area contributed by atoms with Gasteiger partial charge >= 0.3 is 0 Å². The van der Waals surface area contributed by atoms with E-state index in [9.17, 15) is 10.1 Å². The highest BCUT2D eigenvalue weighted by Gasteiger charge is 2.25. The van der Waals surface area contributed by atoms with E-state index in [1.807, 2.05) is 18.2 Å². The molecule has 5 heteroatoms. The maximum absolute atomic E-state index is 10.7. The van der Waals surface area contributed by atoms with Gasteiger partial charge in [0.25, 0.3) is 5.69 Å². The molecule has 1 saturated heterocycles. The van der Waals surface area contributed by atoms with Crippen molar-refractivity contribution < 1.29 is 9.66 Å². The van der Waals surface area contributed by atoms with Gasteiger partial charge in [0.1, 0.15) is 0 Å². The highest BCUT2D eigenvalue weighted by molar-refractivity contribution is 5.52. The number of anilines is 1. The van der Waals surface area contributed by atoms with Crippen molar-refractivity contribution in [3.05, 3.63) is 47.0 Å². The predicted octanol–water partition coefficient (Wildman–Crippen LogP) is 3.16. The van der Waals surface area contributed by atoms with Crippen molar-refractivity contribution in [3.63, 3.8) is 0 Å². The van der Waals surface area contributed by atoms with Crippen molar-refractivity contribution in [2.45, 2.75) is 25.3 Å². The van der Waals surface area contributed by atoms with Crippen LogP contribution in [0.5, 0.6) is 0 Å². The third-order valence-corrected chi connectivity index (χ3v) is 3.55. The highest BCUT2D eigenvalue weighted by atomic mass is 16.6. The maximum Gasteiger partial charge on any atom is 0.269 e. The van der Waals surface area contributed by atoms with Gasteiger partial charge in [-0.15, -0.1) is 6.58 Å². The van der Waals surface area contributed by atoms with E-state index in [-0.39, 0.29) is 10.6 Å². The summed E-state index contributed by atoms with van der Waals surface area (Å²) in [5, 5.41) is 10.7. The summed E-state index contributed by atoms with van der Waals surface area (Å²) in [6.07, 6.45) is 4.95. The van der Waals surface area contributed by atoms with E-state index in [0.717, 1.165) is 31.5 Å². The molecular weight excluding hydrogens is 256 g/mol. The summed E-state index contributed by atoms with van der Waals surface area (Å²) in [4.78, 5) is 12.6. The first kappa shape index (κ1) is 14.5. The molecule has 1 fully saturated rings. The Labute approximate surface area is 119 Å². The molecule has 0 unspecified atom stereocenters. The van der Waals surface area contributed by atoms with Crippen LogP contribution in [0.4, 0.5) is 11.4 Å². The van der Waals surface area contributed by atoms with Crippen molar-refractivity contribution in [2.75, 3.05) is 24.7 Å². The average Bonchev–Trinajstić information content (AvgIpc) is 2.92. The van der Waals surface area contributed by atoms with Gasteiger partial charge in [-0.05, 0) is 31.4 Å². The van der Waals surface area contributed by atoms with Crippen molar-refractivity contribution in [1.29, 1.82) is 0 Å². The fraction of sp³-hybridized carbons (Fsp3) is 0.467. The minimum absolute atomic E-state index is 0.131. The van der Waals surface area contributed by atoms with Crippen LogP contribution in [0.1, 0.15) is 19.3 Å². The highest BCUT2D eigenvalue weighted by Crippen LogP contribution is 2.27. The molecule has 0 aliphatic carbocycles. The van der Waals surface area contributed by atoms with Crippen LogP contribution in [0, 0.1) is 10.1 Å². The van der Waals surface area contributed by atoms with Gasteiger partial charge in [0, 0.05) is 24.4 Å². The normalized spacial score (nSPS) is 18.2. The molecule has 0 amide bonds. The molecule has 0 radical (unpaired) electrons. The number of benzene rings is 1. The molecule has 20 heavy (non-hydrogen) atoms. The topological polar surface area (TPSA) is 55.6 Å². The molecule has 1 aliphatic rings. The zero-order chi connectivity index (χ0) is 14.4. The molecule has 2 rings (SSSR count). The summed E-state index contributed by atoms with van der Waals surface area (Å²) in [6.45, 7) is 6.05. The molecule has 108 valence electrons. The minimum atomic E-state index is -0.371. The van der Waals surface area contributed by atoms with Gasteiger partial charge < -0.3 is 9.64 Å². The smallest absolute Gasteiger partial charge is 0.269 e. The number of nitrogens with zero attached hydrogens (tertiary/aromatic N) is 2. The summed E-state index contributed by atoms with van der Waals surface area (Å²) in [5.41, 5.74) is 1.16. The molecule has 0 spiro atoms. The van der Waals surface area contributed by atoms with Crippen molar-refractivity contribution >= 4 is 11.4 Å². The van der Waals surface area contributed by atoms with Crippen LogP contribution in [0.2, 0.25) is 0 Å². The van der Waals surface area contributed by atoms with Crippen molar-refractivity contribution in [1.82, 2.24) is 0 Å². The molecular formula is C15H20N2O3. The Morgan fingerprint density at radius 1 is 1.45 bits per heavy atom. The first-order chi connectivity index (χ1) is 9.72. The first-order valence-electron chi connectivity index (χ1n) is 6.92. The third kappa shape index (κ3) is 3.57. The van der Waals surface area contributed by atoms with E-state index in [1.54, 1.807) is 12.1 Å². The van der Waals surface area contributed by atoms with Gasteiger partial charge in [-0.2, -0.15) is 0 Å². The van der Waals surface area contributed by atoms with Gasteiger partial charge in [-0.25, -0.2) is 0 Å². The largest absolute Gasteiger partial charge is 0.379 e. The lowest BCUT2D eigenvalue weighted by molar-refractivity contribution is -0.384. The fourth-order valence-corrected chi connectivity index (χ4v) is 2.50. The number of hydrogen-bond acceptors (Lipinski definition) is 4. The fourth-order valence-electron chi connectivity index (χ4n) is 2.50. The van der Waals surface area contributed by atoms with Crippen LogP contribution in [-0.2, 0) is 4.74 Å². The van der Waals surface area contributed by atoms with Crippen molar-refractivity contribution in [3.8, 4) is 0 Å². The Hall–Kier alpha value is -1.88. The summed E-state index contributed by atoms with van der Waals surface area (Å²) in [5.74, 6) is 0. The quantitative estimate of drug-likeness (QED) is 0.332. The second kappa shape index (κ2) is 7.05. The van der Waals surface area contributed by atoms with Crippen LogP contribution in [0.3, 0.4) is 0 Å². The minimum Gasteiger partial charge on any atom is -0.379 e. The lowest BCUT2D eigenvalue weighted by Gasteiger charge is -2.26. The lowest BCUT2D eigenvalue weighted by atomic mass is 10.2. The number of ether oxygens (including phenoxy) is 1. The molecule has 0 N–H and O–H groups in total. The Kier molecular flexibility index (Phi) is 5.12. The summed E-state index contributed by atoms with van der Waals surface area (Å²) < 4.78 is 5.65. The molecule has 5 nitrogen and oxygen atoms in total. The monoisotopic (exact) mass is 276 g/mol. The van der Waals surface area contributed by atoms with E-state index in [1.165, 1.54) is 0 Å². The standard InChI is InChI=1S/C15H20N2O3/c1-2-3-11-20-12-15-5-4-10-16(15)13-6-8-14(9-7-13)17(18)19/h2,6-9,15H,1,3-5,10-12H2/t15-/m0/s1. The molecule has 1 aliphatic heterocycles. The molecule has 1 heterocycles. The van der Waals surface area contributed by atoms with Gasteiger partial charge in [0.2, 0.25) is 0 Å². The van der Waals surface area contributed by atoms with Crippen molar-refractivity contribution in [2.24, 2.45) is 0 Å².